The molecule has 1 aromatic carbocycles. The van der Waals surface area contributed by atoms with E-state index in [1.54, 1.807) is 24.0 Å². The predicted molar refractivity (Wildman–Crippen MR) is 92.2 cm³/mol. The highest BCUT2D eigenvalue weighted by Gasteiger charge is 2.22. The summed E-state index contributed by atoms with van der Waals surface area (Å²) in [6, 6.07) is 7.45. The fourth-order valence-electron chi connectivity index (χ4n) is 2.52. The van der Waals surface area contributed by atoms with Crippen LogP contribution < -0.4 is 0 Å². The summed E-state index contributed by atoms with van der Waals surface area (Å²) in [6.07, 6.45) is 1.82. The molecule has 1 amide bonds. The number of carbonyl (C=O) groups is 2. The van der Waals surface area contributed by atoms with Gasteiger partial charge in [0.15, 0.2) is 0 Å². The minimum Gasteiger partial charge on any atom is -0.478 e. The zero-order valence-corrected chi connectivity index (χ0v) is 14.5. The second-order valence-electron chi connectivity index (χ2n) is 6.13. The van der Waals surface area contributed by atoms with Gasteiger partial charge in [0.25, 0.3) is 5.91 Å². The number of nitrogens with zero attached hydrogens (tertiary/aromatic N) is 2. The van der Waals surface area contributed by atoms with Crippen LogP contribution in [0.4, 0.5) is 4.39 Å². The molecular formula is C19H21FN2O3. The van der Waals surface area contributed by atoms with E-state index in [1.165, 1.54) is 24.4 Å². The van der Waals surface area contributed by atoms with Crippen LogP contribution in [0.1, 0.15) is 45.8 Å². The highest BCUT2D eigenvalue weighted by molar-refractivity contribution is 5.98. The summed E-state index contributed by atoms with van der Waals surface area (Å²) in [7, 11) is 0. The van der Waals surface area contributed by atoms with Gasteiger partial charge < -0.3 is 10.0 Å². The molecule has 1 heterocycles. The van der Waals surface area contributed by atoms with Crippen LogP contribution in [0.3, 0.4) is 0 Å². The number of carboxylic acid groups (broad SMARTS) is 1. The first-order valence-corrected chi connectivity index (χ1v) is 8.05. The number of aryl methyl sites for hydroxylation is 1. The van der Waals surface area contributed by atoms with Crippen molar-refractivity contribution in [2.75, 3.05) is 6.54 Å². The summed E-state index contributed by atoms with van der Waals surface area (Å²) in [5.41, 5.74) is 1.68. The number of hydrogen-bond donors (Lipinski definition) is 1. The summed E-state index contributed by atoms with van der Waals surface area (Å²) < 4.78 is 13.0. The molecule has 1 N–H and O–H groups in total. The SMILES string of the molecule is Cc1ncc(C(=O)O)cc1C(=O)N(CCc1ccc(F)cc1)C(C)C. The molecule has 0 fully saturated rings. The number of benzene rings is 1. The van der Waals surface area contributed by atoms with Crippen molar-refractivity contribution in [1.82, 2.24) is 9.88 Å². The van der Waals surface area contributed by atoms with E-state index in [-0.39, 0.29) is 28.9 Å². The van der Waals surface area contributed by atoms with Crippen LogP contribution in [0.5, 0.6) is 0 Å². The topological polar surface area (TPSA) is 70.5 Å². The van der Waals surface area contributed by atoms with Crippen molar-refractivity contribution in [3.63, 3.8) is 0 Å². The van der Waals surface area contributed by atoms with Gasteiger partial charge in [-0.1, -0.05) is 12.1 Å². The van der Waals surface area contributed by atoms with Gasteiger partial charge in [-0.05, 0) is 51.0 Å². The zero-order valence-electron chi connectivity index (χ0n) is 14.5. The number of halogens is 1. The first-order chi connectivity index (χ1) is 11.8. The molecule has 2 aromatic rings. The number of carbonyl (C=O) groups excluding carboxylic acids is 1. The Bertz CT molecular complexity index is 773. The second-order valence-corrected chi connectivity index (χ2v) is 6.13. The number of carboxylic acids is 1. The van der Waals surface area contributed by atoms with E-state index in [9.17, 15) is 14.0 Å². The Kier molecular flexibility index (Phi) is 5.85. The molecule has 2 rings (SSSR count). The molecule has 0 saturated heterocycles. The number of aromatic nitrogens is 1. The van der Waals surface area contributed by atoms with Crippen LogP contribution in [0.15, 0.2) is 36.5 Å². The number of rotatable bonds is 6. The number of aromatic carboxylic acids is 1. The third-order valence-electron chi connectivity index (χ3n) is 4.00. The van der Waals surface area contributed by atoms with Gasteiger partial charge in [-0.2, -0.15) is 0 Å². The van der Waals surface area contributed by atoms with E-state index in [0.717, 1.165) is 5.56 Å². The maximum Gasteiger partial charge on any atom is 0.337 e. The highest BCUT2D eigenvalue weighted by atomic mass is 19.1. The Morgan fingerprint density at radius 1 is 1.24 bits per heavy atom. The van der Waals surface area contributed by atoms with Gasteiger partial charge in [-0.3, -0.25) is 9.78 Å². The molecule has 0 saturated carbocycles. The summed E-state index contributed by atoms with van der Waals surface area (Å²) in [5, 5.41) is 9.11. The van der Waals surface area contributed by atoms with E-state index in [2.05, 4.69) is 4.98 Å². The number of hydrogen-bond acceptors (Lipinski definition) is 3. The molecule has 0 aliphatic carbocycles. The van der Waals surface area contributed by atoms with Crippen molar-refractivity contribution >= 4 is 11.9 Å². The van der Waals surface area contributed by atoms with Crippen LogP contribution >= 0.6 is 0 Å². The third-order valence-corrected chi connectivity index (χ3v) is 4.00. The van der Waals surface area contributed by atoms with E-state index in [0.29, 0.717) is 18.7 Å². The van der Waals surface area contributed by atoms with Crippen LogP contribution in [0.25, 0.3) is 0 Å². The second kappa shape index (κ2) is 7.88. The van der Waals surface area contributed by atoms with Gasteiger partial charge in [-0.15, -0.1) is 0 Å². The van der Waals surface area contributed by atoms with Crippen molar-refractivity contribution in [3.8, 4) is 0 Å². The maximum absolute atomic E-state index is 13.0. The average molecular weight is 344 g/mol. The number of amides is 1. The minimum absolute atomic E-state index is 0.0174. The summed E-state index contributed by atoms with van der Waals surface area (Å²) in [5.74, 6) is -1.68. The summed E-state index contributed by atoms with van der Waals surface area (Å²) >= 11 is 0. The quantitative estimate of drug-likeness (QED) is 0.873. The van der Waals surface area contributed by atoms with Gasteiger partial charge >= 0.3 is 5.97 Å². The molecule has 0 unspecified atom stereocenters. The molecule has 1 aromatic heterocycles. The van der Waals surface area contributed by atoms with Gasteiger partial charge in [0.1, 0.15) is 5.82 Å². The molecule has 6 heteroatoms. The van der Waals surface area contributed by atoms with Crippen molar-refractivity contribution < 1.29 is 19.1 Å². The number of pyridine rings is 1. The maximum atomic E-state index is 13.0. The normalized spacial score (nSPS) is 10.8. The molecule has 5 nitrogen and oxygen atoms in total. The van der Waals surface area contributed by atoms with Crippen molar-refractivity contribution in [3.05, 3.63) is 64.7 Å². The Hall–Kier alpha value is -2.76. The summed E-state index contributed by atoms with van der Waals surface area (Å²) in [4.78, 5) is 29.7. The third kappa shape index (κ3) is 4.62. The molecule has 0 aliphatic rings. The molecule has 0 bridgehead atoms. The predicted octanol–water partition coefficient (Wildman–Crippen LogP) is 3.32. The van der Waals surface area contributed by atoms with Gasteiger partial charge in [0.2, 0.25) is 0 Å². The molecule has 25 heavy (non-hydrogen) atoms. The Labute approximate surface area is 146 Å². The lowest BCUT2D eigenvalue weighted by atomic mass is 10.1. The lowest BCUT2D eigenvalue weighted by Crippen LogP contribution is -2.39. The molecule has 0 aliphatic heterocycles. The monoisotopic (exact) mass is 344 g/mol. The van der Waals surface area contributed by atoms with Gasteiger partial charge in [-0.25, -0.2) is 9.18 Å². The Morgan fingerprint density at radius 2 is 1.88 bits per heavy atom. The van der Waals surface area contributed by atoms with E-state index in [4.69, 9.17) is 5.11 Å². The van der Waals surface area contributed by atoms with Gasteiger partial charge in [0, 0.05) is 18.8 Å². The van der Waals surface area contributed by atoms with Crippen LogP contribution in [0.2, 0.25) is 0 Å². The molecule has 0 spiro atoms. The average Bonchev–Trinajstić information content (AvgIpc) is 2.56. The smallest absolute Gasteiger partial charge is 0.337 e. The first kappa shape index (κ1) is 18.6. The molecule has 0 radical (unpaired) electrons. The highest BCUT2D eigenvalue weighted by Crippen LogP contribution is 2.15. The van der Waals surface area contributed by atoms with E-state index < -0.39 is 5.97 Å². The Balaban J connectivity index is 2.21. The fourth-order valence-corrected chi connectivity index (χ4v) is 2.52. The first-order valence-electron chi connectivity index (χ1n) is 8.05. The molecule has 0 atom stereocenters. The van der Waals surface area contributed by atoms with Crippen molar-refractivity contribution in [1.29, 1.82) is 0 Å². The molecular weight excluding hydrogens is 323 g/mol. The van der Waals surface area contributed by atoms with Crippen LogP contribution in [0, 0.1) is 12.7 Å². The summed E-state index contributed by atoms with van der Waals surface area (Å²) in [6.45, 7) is 5.91. The van der Waals surface area contributed by atoms with Crippen molar-refractivity contribution in [2.24, 2.45) is 0 Å². The lowest BCUT2D eigenvalue weighted by molar-refractivity contribution is 0.0696. The van der Waals surface area contributed by atoms with Crippen LogP contribution in [-0.4, -0.2) is 39.5 Å². The largest absolute Gasteiger partial charge is 0.478 e. The van der Waals surface area contributed by atoms with E-state index >= 15 is 0 Å². The van der Waals surface area contributed by atoms with Gasteiger partial charge in [0.05, 0.1) is 16.8 Å². The zero-order chi connectivity index (χ0) is 18.6. The minimum atomic E-state index is -1.12. The standard InChI is InChI=1S/C19H21FN2O3/c1-12(2)22(9-8-14-4-6-16(20)7-5-14)18(23)17-10-15(19(24)25)11-21-13(17)3/h4-7,10-12H,8-9H2,1-3H3,(H,24,25). The van der Waals surface area contributed by atoms with Crippen LogP contribution in [-0.2, 0) is 6.42 Å². The lowest BCUT2D eigenvalue weighted by Gasteiger charge is -2.27. The Morgan fingerprint density at radius 3 is 2.44 bits per heavy atom. The van der Waals surface area contributed by atoms with E-state index in [1.807, 2.05) is 13.8 Å². The van der Waals surface area contributed by atoms with Crippen molar-refractivity contribution in [2.45, 2.75) is 33.2 Å². The fraction of sp³-hybridized carbons (Fsp3) is 0.316. The molecule has 132 valence electrons.